The average Bonchev–Trinajstić information content (AvgIpc) is 2.14. The van der Waals surface area contributed by atoms with Gasteiger partial charge in [0.2, 0.25) is 0 Å². The van der Waals surface area contributed by atoms with E-state index in [-0.39, 0.29) is 0 Å². The van der Waals surface area contributed by atoms with E-state index in [4.69, 9.17) is 0 Å². The Morgan fingerprint density at radius 3 is 2.53 bits per heavy atom. The van der Waals surface area contributed by atoms with E-state index in [2.05, 4.69) is 44.6 Å². The summed E-state index contributed by atoms with van der Waals surface area (Å²) in [5.74, 6) is 1.52. The molecule has 2 nitrogen and oxygen atoms in total. The van der Waals surface area contributed by atoms with Crippen molar-refractivity contribution in [3.05, 3.63) is 18.0 Å². The van der Waals surface area contributed by atoms with Crippen LogP contribution >= 0.6 is 11.8 Å². The van der Waals surface area contributed by atoms with Crippen LogP contribution in [0.2, 0.25) is 0 Å². The molecule has 0 aliphatic rings. The van der Waals surface area contributed by atoms with Gasteiger partial charge < -0.3 is 0 Å². The molecule has 0 fully saturated rings. The van der Waals surface area contributed by atoms with Crippen LogP contribution in [-0.2, 0) is 0 Å². The molecule has 0 bridgehead atoms. The van der Waals surface area contributed by atoms with Gasteiger partial charge in [-0.3, -0.25) is 0 Å². The third-order valence-corrected chi connectivity index (χ3v) is 3.35. The van der Waals surface area contributed by atoms with Gasteiger partial charge in [0.1, 0.15) is 0 Å². The largest absolute Gasteiger partial charge is 0.231 e. The van der Waals surface area contributed by atoms with E-state index in [0.717, 1.165) is 16.6 Å². The van der Waals surface area contributed by atoms with Crippen LogP contribution in [0.15, 0.2) is 17.4 Å². The van der Waals surface area contributed by atoms with E-state index in [1.54, 1.807) is 11.8 Å². The second-order valence-corrected chi connectivity index (χ2v) is 6.21. The van der Waals surface area contributed by atoms with Gasteiger partial charge >= 0.3 is 0 Å². The van der Waals surface area contributed by atoms with Crippen LogP contribution in [0.4, 0.5) is 0 Å². The standard InChI is InChI=1S/C12H20N2S/c1-9(2)10-6-7-13-11(14-10)15-8-12(3,4)5/h6-7,9H,8H2,1-5H3. The minimum absolute atomic E-state index is 0.321. The lowest BCUT2D eigenvalue weighted by atomic mass is 10.0. The first-order valence-electron chi connectivity index (χ1n) is 5.34. The highest BCUT2D eigenvalue weighted by atomic mass is 32.2. The number of aromatic nitrogens is 2. The molecule has 1 heterocycles. The zero-order chi connectivity index (χ0) is 11.5. The Morgan fingerprint density at radius 1 is 1.33 bits per heavy atom. The molecule has 1 aromatic heterocycles. The molecule has 0 aromatic carbocycles. The van der Waals surface area contributed by atoms with Crippen molar-refractivity contribution >= 4 is 11.8 Å². The Hall–Kier alpha value is -0.570. The fraction of sp³-hybridized carbons (Fsp3) is 0.667. The molecular weight excluding hydrogens is 204 g/mol. The number of hydrogen-bond acceptors (Lipinski definition) is 3. The summed E-state index contributed by atoms with van der Waals surface area (Å²) in [4.78, 5) is 8.80. The summed E-state index contributed by atoms with van der Waals surface area (Å²) in [6, 6.07) is 1.99. The SMILES string of the molecule is CC(C)c1ccnc(SCC(C)(C)C)n1. The summed E-state index contributed by atoms with van der Waals surface area (Å²) in [6.45, 7) is 11.0. The van der Waals surface area contributed by atoms with Gasteiger partial charge in [0.25, 0.3) is 0 Å². The molecule has 0 aliphatic heterocycles. The van der Waals surface area contributed by atoms with E-state index in [1.165, 1.54) is 0 Å². The minimum atomic E-state index is 0.321. The molecule has 0 radical (unpaired) electrons. The van der Waals surface area contributed by atoms with Crippen molar-refractivity contribution in [2.75, 3.05) is 5.75 Å². The summed E-state index contributed by atoms with van der Waals surface area (Å²) in [5, 5.41) is 0.899. The van der Waals surface area contributed by atoms with Crippen molar-refractivity contribution in [2.45, 2.75) is 45.7 Å². The maximum atomic E-state index is 4.53. The van der Waals surface area contributed by atoms with Gasteiger partial charge in [0.15, 0.2) is 5.16 Å². The van der Waals surface area contributed by atoms with Crippen molar-refractivity contribution in [3.8, 4) is 0 Å². The summed E-state index contributed by atoms with van der Waals surface area (Å²) in [5.41, 5.74) is 1.45. The summed E-state index contributed by atoms with van der Waals surface area (Å²) in [6.07, 6.45) is 1.85. The van der Waals surface area contributed by atoms with Crippen molar-refractivity contribution in [1.29, 1.82) is 0 Å². The first-order valence-corrected chi connectivity index (χ1v) is 6.33. The molecular formula is C12H20N2S. The van der Waals surface area contributed by atoms with Crippen LogP contribution in [0.3, 0.4) is 0 Å². The number of hydrogen-bond donors (Lipinski definition) is 0. The van der Waals surface area contributed by atoms with Crippen molar-refractivity contribution in [1.82, 2.24) is 9.97 Å². The van der Waals surface area contributed by atoms with Crippen molar-refractivity contribution < 1.29 is 0 Å². The number of thioether (sulfide) groups is 1. The van der Waals surface area contributed by atoms with E-state index in [1.807, 2.05) is 12.3 Å². The Labute approximate surface area is 96.9 Å². The van der Waals surface area contributed by atoms with Gasteiger partial charge in [-0.25, -0.2) is 9.97 Å². The Bertz CT molecular complexity index is 316. The van der Waals surface area contributed by atoms with Gasteiger partial charge in [0.05, 0.1) is 0 Å². The first-order chi connectivity index (χ1) is 6.88. The van der Waals surface area contributed by atoms with Crippen LogP contribution in [0.1, 0.15) is 46.2 Å². The predicted molar refractivity (Wildman–Crippen MR) is 66.3 cm³/mol. The second-order valence-electron chi connectivity index (χ2n) is 5.27. The predicted octanol–water partition coefficient (Wildman–Crippen LogP) is 3.74. The highest BCUT2D eigenvalue weighted by Gasteiger charge is 2.12. The maximum absolute atomic E-state index is 4.53. The summed E-state index contributed by atoms with van der Waals surface area (Å²) in [7, 11) is 0. The Kier molecular flexibility index (Phi) is 4.14. The quantitative estimate of drug-likeness (QED) is 0.578. The van der Waals surface area contributed by atoms with Crippen LogP contribution < -0.4 is 0 Å². The molecule has 0 saturated heterocycles. The molecule has 0 N–H and O–H groups in total. The molecule has 0 amide bonds. The summed E-state index contributed by atoms with van der Waals surface area (Å²) >= 11 is 1.74. The van der Waals surface area contributed by atoms with Crippen LogP contribution in [0.25, 0.3) is 0 Å². The molecule has 0 unspecified atom stereocenters. The molecule has 0 atom stereocenters. The molecule has 0 saturated carbocycles. The van der Waals surface area contributed by atoms with Crippen LogP contribution in [-0.4, -0.2) is 15.7 Å². The molecule has 1 aromatic rings. The average molecular weight is 224 g/mol. The zero-order valence-corrected chi connectivity index (χ0v) is 11.1. The smallest absolute Gasteiger partial charge is 0.187 e. The van der Waals surface area contributed by atoms with Crippen molar-refractivity contribution in [2.24, 2.45) is 5.41 Å². The van der Waals surface area contributed by atoms with Crippen molar-refractivity contribution in [3.63, 3.8) is 0 Å². The van der Waals surface area contributed by atoms with Gasteiger partial charge in [0, 0.05) is 17.6 Å². The lowest BCUT2D eigenvalue weighted by Gasteiger charge is -2.16. The number of rotatable bonds is 3. The summed E-state index contributed by atoms with van der Waals surface area (Å²) < 4.78 is 0. The molecule has 0 aliphatic carbocycles. The molecule has 15 heavy (non-hydrogen) atoms. The fourth-order valence-electron chi connectivity index (χ4n) is 1.03. The molecule has 0 spiro atoms. The molecule has 84 valence electrons. The van der Waals surface area contributed by atoms with Gasteiger partial charge in [-0.1, -0.05) is 46.4 Å². The molecule has 3 heteroatoms. The van der Waals surface area contributed by atoms with Gasteiger partial charge in [-0.05, 0) is 17.4 Å². The van der Waals surface area contributed by atoms with Crippen LogP contribution in [0, 0.1) is 5.41 Å². The van der Waals surface area contributed by atoms with E-state index >= 15 is 0 Å². The highest BCUT2D eigenvalue weighted by molar-refractivity contribution is 7.99. The highest BCUT2D eigenvalue weighted by Crippen LogP contribution is 2.25. The normalized spacial score (nSPS) is 12.1. The van der Waals surface area contributed by atoms with Gasteiger partial charge in [-0.2, -0.15) is 0 Å². The van der Waals surface area contributed by atoms with E-state index in [0.29, 0.717) is 11.3 Å². The number of nitrogens with zero attached hydrogens (tertiary/aromatic N) is 2. The lowest BCUT2D eigenvalue weighted by molar-refractivity contribution is 0.480. The first kappa shape index (κ1) is 12.5. The Morgan fingerprint density at radius 2 is 2.00 bits per heavy atom. The van der Waals surface area contributed by atoms with Gasteiger partial charge in [-0.15, -0.1) is 0 Å². The fourth-order valence-corrected chi connectivity index (χ4v) is 1.89. The van der Waals surface area contributed by atoms with Crippen LogP contribution in [0.5, 0.6) is 0 Å². The third kappa shape index (κ3) is 4.65. The monoisotopic (exact) mass is 224 g/mol. The second kappa shape index (κ2) is 4.97. The Balaban J connectivity index is 2.66. The van der Waals surface area contributed by atoms with E-state index < -0.39 is 0 Å². The third-order valence-electron chi connectivity index (χ3n) is 1.88. The topological polar surface area (TPSA) is 25.8 Å². The zero-order valence-electron chi connectivity index (χ0n) is 10.2. The molecule has 1 rings (SSSR count). The minimum Gasteiger partial charge on any atom is -0.231 e. The lowest BCUT2D eigenvalue weighted by Crippen LogP contribution is -2.09. The van der Waals surface area contributed by atoms with E-state index in [9.17, 15) is 0 Å². The maximum Gasteiger partial charge on any atom is 0.187 e.